The van der Waals surface area contributed by atoms with Gasteiger partial charge in [-0.05, 0) is 28.8 Å². The van der Waals surface area contributed by atoms with Gasteiger partial charge in [-0.1, -0.05) is 84.4 Å². The Morgan fingerprint density at radius 1 is 0.788 bits per heavy atom. The molecule has 1 saturated heterocycles. The molecule has 0 amide bonds. The highest BCUT2D eigenvalue weighted by molar-refractivity contribution is 7.09. The van der Waals surface area contributed by atoms with Crippen LogP contribution in [-0.2, 0) is 0 Å². The highest BCUT2D eigenvalue weighted by Gasteiger charge is 2.28. The minimum Gasteiger partial charge on any atom is -0.380 e. The zero-order valence-corrected chi connectivity index (χ0v) is 19.7. The lowest BCUT2D eigenvalue weighted by atomic mass is 9.96. The van der Waals surface area contributed by atoms with Crippen LogP contribution in [0.2, 0.25) is 5.02 Å². The molecule has 1 aliphatic rings. The van der Waals surface area contributed by atoms with Gasteiger partial charge in [0.05, 0.1) is 6.04 Å². The normalized spacial score (nSPS) is 16.5. The smallest absolute Gasteiger partial charge is 0.205 e. The van der Waals surface area contributed by atoms with Gasteiger partial charge < -0.3 is 10.0 Å². The van der Waals surface area contributed by atoms with Gasteiger partial charge in [-0.15, -0.1) is 0 Å². The van der Waals surface area contributed by atoms with Crippen molar-refractivity contribution in [1.82, 2.24) is 14.3 Å². The van der Waals surface area contributed by atoms with Gasteiger partial charge in [-0.2, -0.15) is 4.37 Å². The molecule has 2 atom stereocenters. The van der Waals surface area contributed by atoms with Crippen LogP contribution >= 0.6 is 23.1 Å². The Bertz CT molecular complexity index is 1180. The first-order valence-electron chi connectivity index (χ1n) is 11.0. The van der Waals surface area contributed by atoms with Gasteiger partial charge in [0.15, 0.2) is 5.82 Å². The van der Waals surface area contributed by atoms with Crippen molar-refractivity contribution in [2.45, 2.75) is 12.1 Å². The highest BCUT2D eigenvalue weighted by atomic mass is 35.5. The first kappa shape index (κ1) is 22.0. The molecule has 1 aromatic heterocycles. The van der Waals surface area contributed by atoms with Gasteiger partial charge in [-0.25, -0.2) is 4.98 Å². The number of aliphatic hydroxyl groups excluding tert-OH is 1. The van der Waals surface area contributed by atoms with E-state index >= 15 is 0 Å². The molecule has 0 saturated carbocycles. The van der Waals surface area contributed by atoms with E-state index in [0.717, 1.165) is 41.9 Å². The van der Waals surface area contributed by atoms with Crippen LogP contribution in [0.25, 0.3) is 0 Å². The summed E-state index contributed by atoms with van der Waals surface area (Å²) in [5.41, 5.74) is 3.27. The predicted octanol–water partition coefficient (Wildman–Crippen LogP) is 5.18. The molecule has 7 heteroatoms. The fourth-order valence-electron chi connectivity index (χ4n) is 4.35. The Balaban J connectivity index is 1.31. The van der Waals surface area contributed by atoms with Crippen LogP contribution in [0.1, 0.15) is 34.7 Å². The van der Waals surface area contributed by atoms with Crippen LogP contribution < -0.4 is 4.90 Å². The summed E-state index contributed by atoms with van der Waals surface area (Å²) in [4.78, 5) is 9.41. The molecular formula is C26H25ClN4OS. The van der Waals surface area contributed by atoms with E-state index in [1.165, 1.54) is 22.7 Å². The minimum atomic E-state index is -0.803. The van der Waals surface area contributed by atoms with Crippen LogP contribution in [0.4, 0.5) is 5.13 Å². The number of aromatic nitrogens is 2. The van der Waals surface area contributed by atoms with Gasteiger partial charge in [0, 0.05) is 42.7 Å². The van der Waals surface area contributed by atoms with Crippen molar-refractivity contribution < 1.29 is 5.11 Å². The summed E-state index contributed by atoms with van der Waals surface area (Å²) in [6.45, 7) is 3.48. The van der Waals surface area contributed by atoms with Crippen LogP contribution in [0.3, 0.4) is 0 Å². The van der Waals surface area contributed by atoms with Gasteiger partial charge in [-0.3, -0.25) is 4.90 Å². The molecule has 168 valence electrons. The molecule has 3 aromatic carbocycles. The third-order valence-electron chi connectivity index (χ3n) is 6.02. The number of hydrogen-bond acceptors (Lipinski definition) is 6. The molecule has 0 bridgehead atoms. The maximum Gasteiger partial charge on any atom is 0.205 e. The van der Waals surface area contributed by atoms with E-state index in [0.29, 0.717) is 5.82 Å². The minimum absolute atomic E-state index is 0.150. The molecule has 0 spiro atoms. The summed E-state index contributed by atoms with van der Waals surface area (Å²) in [6.07, 6.45) is -0.803. The van der Waals surface area contributed by atoms with Crippen LogP contribution in [0, 0.1) is 0 Å². The van der Waals surface area contributed by atoms with Crippen molar-refractivity contribution in [2.24, 2.45) is 0 Å². The van der Waals surface area contributed by atoms with Crippen LogP contribution in [0.15, 0.2) is 84.9 Å². The van der Waals surface area contributed by atoms with E-state index in [9.17, 15) is 5.11 Å². The number of hydrogen-bond donors (Lipinski definition) is 1. The number of aliphatic hydroxyl groups is 1. The van der Waals surface area contributed by atoms with Crippen molar-refractivity contribution in [3.63, 3.8) is 0 Å². The molecule has 4 aromatic rings. The first-order valence-corrected chi connectivity index (χ1v) is 12.2. The Labute approximate surface area is 203 Å². The highest BCUT2D eigenvalue weighted by Crippen LogP contribution is 2.32. The van der Waals surface area contributed by atoms with Gasteiger partial charge in [0.1, 0.15) is 6.10 Å². The molecule has 2 heterocycles. The van der Waals surface area contributed by atoms with Crippen LogP contribution in [-0.4, -0.2) is 45.5 Å². The van der Waals surface area contributed by atoms with Crippen molar-refractivity contribution in [3.05, 3.63) is 112 Å². The zero-order chi connectivity index (χ0) is 22.6. The molecule has 1 aliphatic heterocycles. The van der Waals surface area contributed by atoms with E-state index in [1.54, 1.807) is 0 Å². The lowest BCUT2D eigenvalue weighted by molar-refractivity contribution is 0.209. The Kier molecular flexibility index (Phi) is 6.69. The number of halogens is 1. The van der Waals surface area contributed by atoms with Gasteiger partial charge in [0.25, 0.3) is 0 Å². The van der Waals surface area contributed by atoms with Crippen molar-refractivity contribution in [1.29, 1.82) is 0 Å². The molecule has 1 fully saturated rings. The molecule has 33 heavy (non-hydrogen) atoms. The topological polar surface area (TPSA) is 52.5 Å². The fourth-order valence-corrected chi connectivity index (χ4v) is 5.29. The Morgan fingerprint density at radius 3 is 2.09 bits per heavy atom. The van der Waals surface area contributed by atoms with E-state index in [2.05, 4.69) is 55.6 Å². The average Bonchev–Trinajstić information content (AvgIpc) is 3.36. The summed E-state index contributed by atoms with van der Waals surface area (Å²) >= 11 is 7.68. The quantitative estimate of drug-likeness (QED) is 0.415. The van der Waals surface area contributed by atoms with Gasteiger partial charge >= 0.3 is 0 Å². The van der Waals surface area contributed by atoms with Crippen molar-refractivity contribution >= 4 is 28.3 Å². The number of rotatable bonds is 6. The largest absolute Gasteiger partial charge is 0.380 e. The SMILES string of the molecule is OC(c1ccccc1)c1nsc(N2CCN(C(c3ccccc3)c3cccc(Cl)c3)CC2)n1. The van der Waals surface area contributed by atoms with E-state index in [1.807, 2.05) is 48.5 Å². The summed E-state index contributed by atoms with van der Waals surface area (Å²) in [6, 6.07) is 28.4. The summed E-state index contributed by atoms with van der Waals surface area (Å²) in [5.74, 6) is 0.463. The number of piperazine rings is 1. The number of nitrogens with zero attached hydrogens (tertiary/aromatic N) is 4. The molecule has 5 nitrogen and oxygen atoms in total. The molecular weight excluding hydrogens is 452 g/mol. The fraction of sp³-hybridized carbons (Fsp3) is 0.231. The standard InChI is InChI=1S/C26H25ClN4OS/c27-22-13-7-12-21(18-22)23(19-8-3-1-4-9-19)30-14-16-31(17-15-30)26-28-25(29-33-26)24(32)20-10-5-2-6-11-20/h1-13,18,23-24,32H,14-17H2. The summed E-state index contributed by atoms with van der Waals surface area (Å²) in [7, 11) is 0. The number of anilines is 1. The maximum absolute atomic E-state index is 10.6. The molecule has 0 radical (unpaired) electrons. The summed E-state index contributed by atoms with van der Waals surface area (Å²) < 4.78 is 4.44. The van der Waals surface area contributed by atoms with Crippen molar-refractivity contribution in [2.75, 3.05) is 31.1 Å². The Morgan fingerprint density at radius 2 is 1.42 bits per heavy atom. The predicted molar refractivity (Wildman–Crippen MR) is 134 cm³/mol. The first-order chi connectivity index (χ1) is 16.2. The summed E-state index contributed by atoms with van der Waals surface area (Å²) in [5, 5.41) is 12.3. The van der Waals surface area contributed by atoms with Crippen LogP contribution in [0.5, 0.6) is 0 Å². The second-order valence-corrected chi connectivity index (χ2v) is 9.31. The zero-order valence-electron chi connectivity index (χ0n) is 18.1. The third-order valence-corrected chi connectivity index (χ3v) is 7.05. The molecule has 2 unspecified atom stereocenters. The molecule has 5 rings (SSSR count). The average molecular weight is 477 g/mol. The second-order valence-electron chi connectivity index (χ2n) is 8.14. The number of benzene rings is 3. The van der Waals surface area contributed by atoms with Crippen molar-refractivity contribution in [3.8, 4) is 0 Å². The van der Waals surface area contributed by atoms with Gasteiger partial charge in [0.2, 0.25) is 5.13 Å². The van der Waals surface area contributed by atoms with E-state index in [4.69, 9.17) is 11.6 Å². The lowest BCUT2D eigenvalue weighted by Crippen LogP contribution is -2.48. The van der Waals surface area contributed by atoms with E-state index < -0.39 is 6.10 Å². The monoisotopic (exact) mass is 476 g/mol. The molecule has 1 N–H and O–H groups in total. The second kappa shape index (κ2) is 10.0. The van der Waals surface area contributed by atoms with E-state index in [-0.39, 0.29) is 6.04 Å². The lowest BCUT2D eigenvalue weighted by Gasteiger charge is -2.39. The Hall–Kier alpha value is -2.77. The third kappa shape index (κ3) is 4.94. The maximum atomic E-state index is 10.6. The molecule has 0 aliphatic carbocycles.